The molecule has 0 aliphatic rings. The Morgan fingerprint density at radius 3 is 2.91 bits per heavy atom. The number of benzene rings is 1. The number of nitrogens with zero attached hydrogens (tertiary/aromatic N) is 3. The third-order valence-corrected chi connectivity index (χ3v) is 3.69. The molecule has 1 aromatic carbocycles. The van der Waals surface area contributed by atoms with Crippen LogP contribution in [0.5, 0.6) is 0 Å². The van der Waals surface area contributed by atoms with Gasteiger partial charge in [-0.3, -0.25) is 9.48 Å². The molecule has 0 aliphatic carbocycles. The highest BCUT2D eigenvalue weighted by Crippen LogP contribution is 2.29. The molecule has 7 heteroatoms. The molecule has 1 aromatic heterocycles. The van der Waals surface area contributed by atoms with Gasteiger partial charge in [0.1, 0.15) is 6.04 Å². The molecule has 0 saturated heterocycles. The molecule has 1 atom stereocenters. The standard InChI is InChI=1S/C15H12Cl2N4O/c1-21-9-10(8-19-21)5-6-14(22)20-13(7-18)11-3-2-4-12(16)15(11)17/h2-6,8-9,13H,1H3,(H,20,22)/b6-5+. The summed E-state index contributed by atoms with van der Waals surface area (Å²) in [5, 5.41) is 16.4. The average molecular weight is 335 g/mol. The molecule has 2 aromatic rings. The van der Waals surface area contributed by atoms with E-state index in [1.165, 1.54) is 6.08 Å². The lowest BCUT2D eigenvalue weighted by atomic mass is 10.1. The number of halogens is 2. The van der Waals surface area contributed by atoms with Crippen LogP contribution < -0.4 is 5.32 Å². The number of aromatic nitrogens is 2. The largest absolute Gasteiger partial charge is 0.333 e. The molecular formula is C15H12Cl2N4O. The number of rotatable bonds is 4. The van der Waals surface area contributed by atoms with Gasteiger partial charge in [0, 0.05) is 30.4 Å². The van der Waals surface area contributed by atoms with Crippen LogP contribution in [0.15, 0.2) is 36.7 Å². The van der Waals surface area contributed by atoms with E-state index in [0.29, 0.717) is 10.6 Å². The predicted octanol–water partition coefficient (Wildman–Crippen LogP) is 3.12. The Balaban J connectivity index is 2.10. The summed E-state index contributed by atoms with van der Waals surface area (Å²) in [5.41, 5.74) is 1.24. The van der Waals surface area contributed by atoms with Gasteiger partial charge in [-0.15, -0.1) is 0 Å². The number of hydrogen-bond acceptors (Lipinski definition) is 3. The molecule has 22 heavy (non-hydrogen) atoms. The fourth-order valence-corrected chi connectivity index (χ4v) is 2.23. The van der Waals surface area contributed by atoms with Gasteiger partial charge >= 0.3 is 0 Å². The van der Waals surface area contributed by atoms with Crippen LogP contribution >= 0.6 is 23.2 Å². The van der Waals surface area contributed by atoms with Crippen LogP contribution in [0, 0.1) is 11.3 Å². The maximum Gasteiger partial charge on any atom is 0.245 e. The SMILES string of the molecule is Cn1cc(/C=C/C(=O)NC(C#N)c2cccc(Cl)c2Cl)cn1. The van der Waals surface area contributed by atoms with Gasteiger partial charge in [-0.2, -0.15) is 10.4 Å². The van der Waals surface area contributed by atoms with E-state index in [1.54, 1.807) is 48.4 Å². The van der Waals surface area contributed by atoms with E-state index in [-0.39, 0.29) is 5.02 Å². The van der Waals surface area contributed by atoms with Crippen molar-refractivity contribution in [2.75, 3.05) is 0 Å². The first kappa shape index (κ1) is 16.1. The smallest absolute Gasteiger partial charge is 0.245 e. The zero-order chi connectivity index (χ0) is 16.1. The van der Waals surface area contributed by atoms with Gasteiger partial charge < -0.3 is 5.32 Å². The maximum absolute atomic E-state index is 11.9. The molecular weight excluding hydrogens is 323 g/mol. The van der Waals surface area contributed by atoms with Crippen LogP contribution in [0.4, 0.5) is 0 Å². The number of nitrogens with one attached hydrogen (secondary N) is 1. The van der Waals surface area contributed by atoms with Gasteiger partial charge in [-0.1, -0.05) is 35.3 Å². The minimum absolute atomic E-state index is 0.257. The van der Waals surface area contributed by atoms with Crippen molar-refractivity contribution in [2.24, 2.45) is 7.05 Å². The molecule has 2 rings (SSSR count). The van der Waals surface area contributed by atoms with Crippen molar-refractivity contribution >= 4 is 35.2 Å². The summed E-state index contributed by atoms with van der Waals surface area (Å²) in [4.78, 5) is 11.9. The Hall–Kier alpha value is -2.29. The highest BCUT2D eigenvalue weighted by atomic mass is 35.5. The fourth-order valence-electron chi connectivity index (χ4n) is 1.81. The summed E-state index contributed by atoms with van der Waals surface area (Å²) in [7, 11) is 1.78. The monoisotopic (exact) mass is 334 g/mol. The molecule has 0 radical (unpaired) electrons. The summed E-state index contributed by atoms with van der Waals surface area (Å²) in [6, 6.07) is 6.05. The van der Waals surface area contributed by atoms with E-state index in [0.717, 1.165) is 5.56 Å². The third-order valence-electron chi connectivity index (χ3n) is 2.86. The van der Waals surface area contributed by atoms with Crippen LogP contribution in [0.2, 0.25) is 10.0 Å². The molecule has 0 fully saturated rings. The van der Waals surface area contributed by atoms with Gasteiger partial charge in [-0.25, -0.2) is 0 Å². The van der Waals surface area contributed by atoms with Crippen molar-refractivity contribution in [1.29, 1.82) is 5.26 Å². The quantitative estimate of drug-likeness (QED) is 0.873. The molecule has 1 N–H and O–H groups in total. The van der Waals surface area contributed by atoms with Crippen LogP contribution in [0.25, 0.3) is 6.08 Å². The summed E-state index contributed by atoms with van der Waals surface area (Å²) in [5.74, 6) is -0.411. The van der Waals surface area contributed by atoms with E-state index < -0.39 is 11.9 Å². The van der Waals surface area contributed by atoms with Crippen molar-refractivity contribution in [2.45, 2.75) is 6.04 Å². The fraction of sp³-hybridized carbons (Fsp3) is 0.133. The molecule has 1 unspecified atom stereocenters. The molecule has 0 aliphatic heterocycles. The van der Waals surface area contributed by atoms with Crippen molar-refractivity contribution in [3.63, 3.8) is 0 Å². The summed E-state index contributed by atoms with van der Waals surface area (Å²) < 4.78 is 1.63. The number of hydrogen-bond donors (Lipinski definition) is 1. The number of carbonyl (C=O) groups is 1. The van der Waals surface area contributed by atoms with E-state index in [2.05, 4.69) is 10.4 Å². The van der Waals surface area contributed by atoms with Crippen LogP contribution in [0.3, 0.4) is 0 Å². The second-order valence-electron chi connectivity index (χ2n) is 4.49. The highest BCUT2D eigenvalue weighted by Gasteiger charge is 2.17. The van der Waals surface area contributed by atoms with E-state index in [1.807, 2.05) is 6.07 Å². The van der Waals surface area contributed by atoms with Crippen LogP contribution in [0.1, 0.15) is 17.2 Å². The third kappa shape index (κ3) is 3.88. The zero-order valence-corrected chi connectivity index (χ0v) is 13.1. The summed E-state index contributed by atoms with van der Waals surface area (Å²) in [6.45, 7) is 0. The molecule has 1 amide bonds. The Morgan fingerprint density at radius 1 is 1.50 bits per heavy atom. The van der Waals surface area contributed by atoms with Crippen LogP contribution in [-0.2, 0) is 11.8 Å². The van der Waals surface area contributed by atoms with Gasteiger partial charge in [-0.05, 0) is 12.1 Å². The van der Waals surface area contributed by atoms with Crippen molar-refractivity contribution < 1.29 is 4.79 Å². The predicted molar refractivity (Wildman–Crippen MR) is 85.2 cm³/mol. The molecule has 0 spiro atoms. The molecule has 5 nitrogen and oxygen atoms in total. The van der Waals surface area contributed by atoms with Crippen molar-refractivity contribution in [1.82, 2.24) is 15.1 Å². The lowest BCUT2D eigenvalue weighted by Gasteiger charge is -2.12. The topological polar surface area (TPSA) is 70.7 Å². The Kier molecular flexibility index (Phi) is 5.21. The highest BCUT2D eigenvalue weighted by molar-refractivity contribution is 6.42. The number of nitriles is 1. The summed E-state index contributed by atoms with van der Waals surface area (Å²) >= 11 is 12.0. The Bertz CT molecular complexity index is 761. The van der Waals surface area contributed by atoms with Crippen molar-refractivity contribution in [3.8, 4) is 6.07 Å². The van der Waals surface area contributed by atoms with Gasteiger partial charge in [0.15, 0.2) is 0 Å². The zero-order valence-electron chi connectivity index (χ0n) is 11.6. The first-order chi connectivity index (χ1) is 10.5. The second-order valence-corrected chi connectivity index (χ2v) is 5.28. The summed E-state index contributed by atoms with van der Waals surface area (Å²) in [6.07, 6.45) is 6.33. The minimum atomic E-state index is -0.878. The lowest BCUT2D eigenvalue weighted by molar-refractivity contribution is -0.116. The molecule has 0 bridgehead atoms. The minimum Gasteiger partial charge on any atom is -0.333 e. The Labute approximate surface area is 137 Å². The van der Waals surface area contributed by atoms with Crippen LogP contribution in [-0.4, -0.2) is 15.7 Å². The number of amides is 1. The molecule has 112 valence electrons. The van der Waals surface area contributed by atoms with Gasteiger partial charge in [0.05, 0.1) is 22.3 Å². The molecule has 0 saturated carbocycles. The normalized spacial score (nSPS) is 12.1. The second kappa shape index (κ2) is 7.12. The number of carbonyl (C=O) groups excluding carboxylic acids is 1. The van der Waals surface area contributed by atoms with E-state index >= 15 is 0 Å². The van der Waals surface area contributed by atoms with E-state index in [9.17, 15) is 10.1 Å². The molecule has 1 heterocycles. The van der Waals surface area contributed by atoms with Gasteiger partial charge in [0.2, 0.25) is 5.91 Å². The number of aryl methyl sites for hydroxylation is 1. The van der Waals surface area contributed by atoms with Gasteiger partial charge in [0.25, 0.3) is 0 Å². The first-order valence-corrected chi connectivity index (χ1v) is 7.07. The average Bonchev–Trinajstić information content (AvgIpc) is 2.91. The van der Waals surface area contributed by atoms with E-state index in [4.69, 9.17) is 23.2 Å². The Morgan fingerprint density at radius 2 is 2.27 bits per heavy atom. The first-order valence-electron chi connectivity index (χ1n) is 6.32. The lowest BCUT2D eigenvalue weighted by Crippen LogP contribution is -2.26. The van der Waals surface area contributed by atoms with Crippen molar-refractivity contribution in [3.05, 3.63) is 57.8 Å². The maximum atomic E-state index is 11.9.